The van der Waals surface area contributed by atoms with E-state index in [1.807, 2.05) is 35.2 Å². The molecular formula is C17H21NO4. The highest BCUT2D eigenvalue weighted by atomic mass is 16.5. The summed E-state index contributed by atoms with van der Waals surface area (Å²) in [5.74, 6) is -1.70. The minimum atomic E-state index is -0.857. The number of rotatable bonds is 6. The van der Waals surface area contributed by atoms with Crippen molar-refractivity contribution in [2.45, 2.75) is 25.3 Å². The van der Waals surface area contributed by atoms with Gasteiger partial charge in [0.25, 0.3) is 0 Å². The number of carbonyl (C=O) groups excluding carboxylic acids is 1. The summed E-state index contributed by atoms with van der Waals surface area (Å²) in [5, 5.41) is 9.03. The van der Waals surface area contributed by atoms with Crippen LogP contribution in [0.15, 0.2) is 30.3 Å². The molecule has 0 spiro atoms. The molecule has 3 atom stereocenters. The molecule has 5 nitrogen and oxygen atoms in total. The number of hydrogen-bond acceptors (Lipinski definition) is 3. The third kappa shape index (κ3) is 3.30. The molecule has 0 aromatic heterocycles. The summed E-state index contributed by atoms with van der Waals surface area (Å²) in [6.45, 7) is 1.86. The lowest BCUT2D eigenvalue weighted by Crippen LogP contribution is -2.43. The van der Waals surface area contributed by atoms with Gasteiger partial charge in [0.15, 0.2) is 0 Å². The van der Waals surface area contributed by atoms with E-state index in [-0.39, 0.29) is 17.9 Å². The van der Waals surface area contributed by atoms with Crippen LogP contribution in [-0.2, 0) is 20.7 Å². The first kappa shape index (κ1) is 15.0. The van der Waals surface area contributed by atoms with Crippen LogP contribution in [0.25, 0.3) is 0 Å². The van der Waals surface area contributed by atoms with Crippen molar-refractivity contribution < 1.29 is 19.4 Å². The van der Waals surface area contributed by atoms with Crippen LogP contribution in [0.5, 0.6) is 0 Å². The molecule has 2 aliphatic rings. The topological polar surface area (TPSA) is 66.8 Å². The largest absolute Gasteiger partial charge is 0.481 e. The first-order valence-electron chi connectivity index (χ1n) is 7.82. The van der Waals surface area contributed by atoms with Gasteiger partial charge in [-0.15, -0.1) is 0 Å². The summed E-state index contributed by atoms with van der Waals surface area (Å²) in [4.78, 5) is 25.5. The van der Waals surface area contributed by atoms with E-state index >= 15 is 0 Å². The minimum Gasteiger partial charge on any atom is -0.481 e. The Balaban J connectivity index is 1.65. The number of carboxylic acid groups (broad SMARTS) is 1. The van der Waals surface area contributed by atoms with E-state index in [4.69, 9.17) is 9.84 Å². The van der Waals surface area contributed by atoms with E-state index in [0.29, 0.717) is 26.2 Å². The first-order chi connectivity index (χ1) is 10.7. The number of ether oxygens (including phenoxy) is 1. The fraction of sp³-hybridized carbons (Fsp3) is 0.529. The average Bonchev–Trinajstić information content (AvgIpc) is 3.17. The lowest BCUT2D eigenvalue weighted by atomic mass is 10.1. The van der Waals surface area contributed by atoms with Crippen molar-refractivity contribution in [1.82, 2.24) is 4.90 Å². The van der Waals surface area contributed by atoms with Gasteiger partial charge in [-0.2, -0.15) is 0 Å². The molecule has 1 N–H and O–H groups in total. The van der Waals surface area contributed by atoms with Crippen LogP contribution in [0.2, 0.25) is 0 Å². The monoisotopic (exact) mass is 303 g/mol. The number of hydrogen-bond donors (Lipinski definition) is 1. The molecule has 1 aliphatic heterocycles. The first-order valence-corrected chi connectivity index (χ1v) is 7.82. The van der Waals surface area contributed by atoms with Gasteiger partial charge in [-0.1, -0.05) is 30.3 Å². The maximum Gasteiger partial charge on any atom is 0.307 e. The van der Waals surface area contributed by atoms with Crippen molar-refractivity contribution in [1.29, 1.82) is 0 Å². The molecule has 0 bridgehead atoms. The van der Waals surface area contributed by atoms with E-state index in [9.17, 15) is 9.59 Å². The van der Waals surface area contributed by atoms with Gasteiger partial charge < -0.3 is 14.7 Å². The van der Waals surface area contributed by atoms with E-state index in [1.54, 1.807) is 0 Å². The Hall–Kier alpha value is -1.88. The van der Waals surface area contributed by atoms with Gasteiger partial charge in [0, 0.05) is 13.2 Å². The molecule has 2 fully saturated rings. The van der Waals surface area contributed by atoms with Gasteiger partial charge in [0.05, 0.1) is 24.5 Å². The molecule has 22 heavy (non-hydrogen) atoms. The highest BCUT2D eigenvalue weighted by molar-refractivity contribution is 5.89. The highest BCUT2D eigenvalue weighted by Gasteiger charge is 2.50. The summed E-state index contributed by atoms with van der Waals surface area (Å²) >= 11 is 0. The molecule has 3 rings (SSSR count). The Kier molecular flexibility index (Phi) is 4.43. The minimum absolute atomic E-state index is 0.0150. The normalized spacial score (nSPS) is 26.6. The number of aliphatic carboxylic acids is 1. The zero-order chi connectivity index (χ0) is 15.5. The lowest BCUT2D eigenvalue weighted by Gasteiger charge is -2.28. The van der Waals surface area contributed by atoms with Gasteiger partial charge in [-0.05, 0) is 24.8 Å². The van der Waals surface area contributed by atoms with Crippen LogP contribution < -0.4 is 0 Å². The standard InChI is InChI=1S/C17H21NO4/c19-16(14-10-15(14)17(20)21)18(13-7-9-22-11-13)8-6-12-4-2-1-3-5-12/h1-5,13-15H,6-11H2,(H,20,21). The molecular weight excluding hydrogens is 282 g/mol. The van der Waals surface area contributed by atoms with Gasteiger partial charge in [-0.3, -0.25) is 9.59 Å². The Morgan fingerprint density at radius 2 is 2.00 bits per heavy atom. The van der Waals surface area contributed by atoms with Crippen molar-refractivity contribution in [2.75, 3.05) is 19.8 Å². The maximum atomic E-state index is 12.6. The quantitative estimate of drug-likeness (QED) is 0.866. The van der Waals surface area contributed by atoms with Gasteiger partial charge in [0.1, 0.15) is 0 Å². The van der Waals surface area contributed by atoms with Crippen LogP contribution in [0, 0.1) is 11.8 Å². The van der Waals surface area contributed by atoms with Crippen molar-refractivity contribution >= 4 is 11.9 Å². The summed E-state index contributed by atoms with van der Waals surface area (Å²) in [7, 11) is 0. The molecule has 0 radical (unpaired) electrons. The SMILES string of the molecule is O=C(O)C1CC1C(=O)N(CCc1ccccc1)C1CCOC1. The number of benzene rings is 1. The van der Waals surface area contributed by atoms with Crippen molar-refractivity contribution in [3.8, 4) is 0 Å². The number of carboxylic acids is 1. The fourth-order valence-corrected chi connectivity index (χ4v) is 3.09. The summed E-state index contributed by atoms with van der Waals surface area (Å²) in [6, 6.07) is 10.1. The number of amides is 1. The predicted octanol–water partition coefficient (Wildman–Crippen LogP) is 1.57. The zero-order valence-corrected chi connectivity index (χ0v) is 12.5. The Bertz CT molecular complexity index is 539. The van der Waals surface area contributed by atoms with Crippen molar-refractivity contribution in [3.05, 3.63) is 35.9 Å². The fourth-order valence-electron chi connectivity index (χ4n) is 3.09. The van der Waals surface area contributed by atoms with Crippen LogP contribution in [0.1, 0.15) is 18.4 Å². The Labute approximate surface area is 129 Å². The van der Waals surface area contributed by atoms with E-state index in [2.05, 4.69) is 0 Å². The van der Waals surface area contributed by atoms with Crippen LogP contribution in [0.3, 0.4) is 0 Å². The molecule has 1 saturated carbocycles. The average molecular weight is 303 g/mol. The number of carbonyl (C=O) groups is 2. The molecule has 1 aromatic rings. The third-order valence-corrected chi connectivity index (χ3v) is 4.54. The van der Waals surface area contributed by atoms with Gasteiger partial charge in [0.2, 0.25) is 5.91 Å². The molecule has 118 valence electrons. The molecule has 1 aliphatic carbocycles. The molecule has 1 aromatic carbocycles. The van der Waals surface area contributed by atoms with Crippen molar-refractivity contribution in [3.63, 3.8) is 0 Å². The lowest BCUT2D eigenvalue weighted by molar-refractivity contribution is -0.142. The van der Waals surface area contributed by atoms with Crippen LogP contribution in [0.4, 0.5) is 0 Å². The second kappa shape index (κ2) is 6.48. The van der Waals surface area contributed by atoms with Crippen LogP contribution in [-0.4, -0.2) is 47.7 Å². The zero-order valence-electron chi connectivity index (χ0n) is 12.5. The molecule has 1 amide bonds. The number of nitrogens with zero attached hydrogens (tertiary/aromatic N) is 1. The Morgan fingerprint density at radius 3 is 2.59 bits per heavy atom. The summed E-state index contributed by atoms with van der Waals surface area (Å²) in [5.41, 5.74) is 1.18. The summed E-state index contributed by atoms with van der Waals surface area (Å²) in [6.07, 6.45) is 2.10. The maximum absolute atomic E-state index is 12.6. The van der Waals surface area contributed by atoms with Gasteiger partial charge in [-0.25, -0.2) is 0 Å². The second-order valence-electron chi connectivity index (χ2n) is 6.07. The molecule has 3 unspecified atom stereocenters. The molecule has 1 heterocycles. The van der Waals surface area contributed by atoms with Crippen molar-refractivity contribution in [2.24, 2.45) is 11.8 Å². The summed E-state index contributed by atoms with van der Waals surface area (Å²) < 4.78 is 5.40. The van der Waals surface area contributed by atoms with Crippen LogP contribution >= 0.6 is 0 Å². The Morgan fingerprint density at radius 1 is 1.23 bits per heavy atom. The van der Waals surface area contributed by atoms with E-state index in [0.717, 1.165) is 12.8 Å². The van der Waals surface area contributed by atoms with E-state index < -0.39 is 11.9 Å². The molecule has 1 saturated heterocycles. The second-order valence-corrected chi connectivity index (χ2v) is 6.07. The predicted molar refractivity (Wildman–Crippen MR) is 80.3 cm³/mol. The smallest absolute Gasteiger partial charge is 0.307 e. The third-order valence-electron chi connectivity index (χ3n) is 4.54. The highest BCUT2D eigenvalue weighted by Crippen LogP contribution is 2.40. The van der Waals surface area contributed by atoms with Gasteiger partial charge >= 0.3 is 5.97 Å². The van der Waals surface area contributed by atoms with E-state index in [1.165, 1.54) is 5.56 Å². The molecule has 5 heteroatoms.